The number of fused-ring (bicyclic) bond motifs is 1. The maximum Gasteiger partial charge on any atom is 0.249 e. The summed E-state index contributed by atoms with van der Waals surface area (Å²) in [6.07, 6.45) is 4.00. The fraction of sp³-hybridized carbons (Fsp3) is 0.222. The van der Waals surface area contributed by atoms with Crippen LogP contribution in [0.3, 0.4) is 0 Å². The van der Waals surface area contributed by atoms with Gasteiger partial charge in [0, 0.05) is 35.8 Å². The summed E-state index contributed by atoms with van der Waals surface area (Å²) in [7, 11) is 0. The summed E-state index contributed by atoms with van der Waals surface area (Å²) >= 11 is 0. The van der Waals surface area contributed by atoms with E-state index in [1.165, 1.54) is 18.9 Å². The normalized spacial score (nSPS) is 13.7. The second kappa shape index (κ2) is 6.71. The van der Waals surface area contributed by atoms with Gasteiger partial charge in [0.15, 0.2) is 0 Å². The topological polar surface area (TPSA) is 57.8 Å². The molecule has 0 radical (unpaired) electrons. The summed E-state index contributed by atoms with van der Waals surface area (Å²) in [6.45, 7) is 0.687. The molecule has 0 spiro atoms. The van der Waals surface area contributed by atoms with Gasteiger partial charge in [-0.1, -0.05) is 12.1 Å². The van der Waals surface area contributed by atoms with Crippen molar-refractivity contribution >= 4 is 23.4 Å². The number of benzene rings is 1. The average molecular weight is 346 g/mol. The zero-order chi connectivity index (χ0) is 15.8. The molecular weight excluding hydrogens is 329 g/mol. The van der Waals surface area contributed by atoms with Crippen LogP contribution >= 0.6 is 12.4 Å². The number of hydrogen-bond donors (Lipinski definition) is 2. The second-order valence-corrected chi connectivity index (χ2v) is 5.91. The minimum Gasteiger partial charge on any atom is -0.310 e. The van der Waals surface area contributed by atoms with Crippen molar-refractivity contribution in [1.82, 2.24) is 15.3 Å². The molecule has 0 bridgehead atoms. The van der Waals surface area contributed by atoms with E-state index in [0.717, 1.165) is 16.5 Å². The molecule has 124 valence electrons. The lowest BCUT2D eigenvalue weighted by atomic mass is 10.0. The number of rotatable bonds is 4. The smallest absolute Gasteiger partial charge is 0.249 e. The van der Waals surface area contributed by atoms with Crippen molar-refractivity contribution in [1.29, 1.82) is 0 Å². The zero-order valence-electron chi connectivity index (χ0n) is 12.9. The van der Waals surface area contributed by atoms with Crippen LogP contribution in [-0.2, 0) is 6.54 Å². The lowest BCUT2D eigenvalue weighted by molar-refractivity contribution is 0.623. The molecular formula is C18H17ClFN3O. The Balaban J connectivity index is 0.00000169. The second-order valence-electron chi connectivity index (χ2n) is 5.91. The van der Waals surface area contributed by atoms with E-state index in [1.54, 1.807) is 30.5 Å². The maximum atomic E-state index is 14.6. The van der Waals surface area contributed by atoms with Gasteiger partial charge in [0.05, 0.1) is 0 Å². The van der Waals surface area contributed by atoms with Crippen molar-refractivity contribution in [3.05, 3.63) is 64.3 Å². The van der Waals surface area contributed by atoms with Crippen LogP contribution in [0.2, 0.25) is 0 Å². The van der Waals surface area contributed by atoms with Crippen LogP contribution < -0.4 is 10.9 Å². The number of halogens is 2. The van der Waals surface area contributed by atoms with Gasteiger partial charge in [0.2, 0.25) is 5.56 Å². The van der Waals surface area contributed by atoms with E-state index in [-0.39, 0.29) is 23.8 Å². The Labute approximate surface area is 144 Å². The number of H-pyrrole nitrogens is 1. The predicted molar refractivity (Wildman–Crippen MR) is 94.9 cm³/mol. The predicted octanol–water partition coefficient (Wildman–Crippen LogP) is 3.40. The van der Waals surface area contributed by atoms with E-state index in [2.05, 4.69) is 15.3 Å². The first-order chi connectivity index (χ1) is 11.2. The lowest BCUT2D eigenvalue weighted by Gasteiger charge is -2.09. The molecule has 2 aromatic heterocycles. The zero-order valence-corrected chi connectivity index (χ0v) is 13.7. The molecule has 0 aliphatic heterocycles. The van der Waals surface area contributed by atoms with Crippen molar-refractivity contribution in [3.8, 4) is 11.1 Å². The molecule has 0 atom stereocenters. The molecule has 4 rings (SSSR count). The summed E-state index contributed by atoms with van der Waals surface area (Å²) in [5.74, 6) is -0.265. The highest BCUT2D eigenvalue weighted by Gasteiger charge is 2.20. The highest BCUT2D eigenvalue weighted by Crippen LogP contribution is 2.29. The van der Waals surface area contributed by atoms with Crippen LogP contribution in [-0.4, -0.2) is 16.0 Å². The molecule has 24 heavy (non-hydrogen) atoms. The Bertz CT molecular complexity index is 937. The SMILES string of the molecule is Cl.O=c1ccc2c(-c3ccc(CNC4CC4)cc3F)ccnc2[nH]1. The number of hydrogen-bond acceptors (Lipinski definition) is 3. The van der Waals surface area contributed by atoms with E-state index in [1.807, 2.05) is 6.07 Å². The quantitative estimate of drug-likeness (QED) is 0.762. The third-order valence-corrected chi connectivity index (χ3v) is 4.13. The van der Waals surface area contributed by atoms with Crippen LogP contribution in [0.15, 0.2) is 47.4 Å². The molecule has 2 heterocycles. The number of pyridine rings is 2. The van der Waals surface area contributed by atoms with E-state index in [0.29, 0.717) is 23.8 Å². The van der Waals surface area contributed by atoms with Crippen molar-refractivity contribution in [2.45, 2.75) is 25.4 Å². The number of nitrogens with one attached hydrogen (secondary N) is 2. The van der Waals surface area contributed by atoms with Crippen molar-refractivity contribution < 1.29 is 4.39 Å². The van der Waals surface area contributed by atoms with Crippen molar-refractivity contribution in [3.63, 3.8) is 0 Å². The van der Waals surface area contributed by atoms with Crippen LogP contribution in [0.4, 0.5) is 4.39 Å². The number of nitrogens with zero attached hydrogens (tertiary/aromatic N) is 1. The highest BCUT2D eigenvalue weighted by molar-refractivity contribution is 5.92. The van der Waals surface area contributed by atoms with Crippen molar-refractivity contribution in [2.24, 2.45) is 0 Å². The van der Waals surface area contributed by atoms with E-state index < -0.39 is 0 Å². The summed E-state index contributed by atoms with van der Waals surface area (Å²) < 4.78 is 14.6. The molecule has 4 nitrogen and oxygen atoms in total. The molecule has 1 aromatic carbocycles. The first kappa shape index (κ1) is 16.6. The number of aromatic amines is 1. The lowest BCUT2D eigenvalue weighted by Crippen LogP contribution is -2.15. The molecule has 3 aromatic rings. The molecule has 1 aliphatic rings. The molecule has 1 saturated carbocycles. The molecule has 6 heteroatoms. The van der Waals surface area contributed by atoms with Gasteiger partial charge in [-0.25, -0.2) is 9.37 Å². The van der Waals surface area contributed by atoms with Crippen LogP contribution in [0.25, 0.3) is 22.2 Å². The van der Waals surface area contributed by atoms with Crippen LogP contribution in [0.5, 0.6) is 0 Å². The van der Waals surface area contributed by atoms with Gasteiger partial charge < -0.3 is 10.3 Å². The molecule has 0 saturated heterocycles. The van der Waals surface area contributed by atoms with Gasteiger partial charge >= 0.3 is 0 Å². The average Bonchev–Trinajstić information content (AvgIpc) is 3.37. The van der Waals surface area contributed by atoms with Gasteiger partial charge in [-0.3, -0.25) is 4.79 Å². The Kier molecular flexibility index (Phi) is 4.64. The summed E-state index contributed by atoms with van der Waals surface area (Å²) in [5.41, 5.74) is 2.42. The monoisotopic (exact) mass is 345 g/mol. The Hall–Kier alpha value is -2.24. The summed E-state index contributed by atoms with van der Waals surface area (Å²) in [4.78, 5) is 18.2. The van der Waals surface area contributed by atoms with Gasteiger partial charge in [0.1, 0.15) is 11.5 Å². The van der Waals surface area contributed by atoms with E-state index in [4.69, 9.17) is 0 Å². The van der Waals surface area contributed by atoms with E-state index in [9.17, 15) is 9.18 Å². The molecule has 0 amide bonds. The Morgan fingerprint density at radius 3 is 2.75 bits per heavy atom. The standard InChI is InChI=1S/C18H16FN3O.ClH/c19-16-9-11(10-21-12-2-3-12)1-4-14(16)13-7-8-20-18-15(13)5-6-17(23)22-18;/h1,4-9,12,21H,2-3,10H2,(H,20,22,23);1H. The first-order valence-corrected chi connectivity index (χ1v) is 7.71. The number of aromatic nitrogens is 2. The third kappa shape index (κ3) is 3.32. The van der Waals surface area contributed by atoms with Gasteiger partial charge in [0.25, 0.3) is 0 Å². The molecule has 1 aliphatic carbocycles. The van der Waals surface area contributed by atoms with Crippen molar-refractivity contribution in [2.75, 3.05) is 0 Å². The largest absolute Gasteiger partial charge is 0.310 e. The first-order valence-electron chi connectivity index (χ1n) is 7.71. The molecule has 0 unspecified atom stereocenters. The Morgan fingerprint density at radius 1 is 1.17 bits per heavy atom. The van der Waals surface area contributed by atoms with Gasteiger partial charge in [-0.05, 0) is 42.2 Å². The van der Waals surface area contributed by atoms with Crippen LogP contribution in [0.1, 0.15) is 18.4 Å². The minimum atomic E-state index is -0.265. The fourth-order valence-corrected chi connectivity index (χ4v) is 2.73. The molecule has 1 fully saturated rings. The van der Waals surface area contributed by atoms with Gasteiger partial charge in [-0.15, -0.1) is 12.4 Å². The summed E-state index contributed by atoms with van der Waals surface area (Å²) in [5, 5.41) is 4.11. The Morgan fingerprint density at radius 2 is 2.00 bits per heavy atom. The third-order valence-electron chi connectivity index (χ3n) is 4.13. The minimum absolute atomic E-state index is 0. The van der Waals surface area contributed by atoms with E-state index >= 15 is 0 Å². The maximum absolute atomic E-state index is 14.6. The molecule has 2 N–H and O–H groups in total. The fourth-order valence-electron chi connectivity index (χ4n) is 2.73. The highest BCUT2D eigenvalue weighted by atomic mass is 35.5. The summed E-state index contributed by atoms with van der Waals surface area (Å²) in [6, 6.07) is 10.8. The van der Waals surface area contributed by atoms with Crippen LogP contribution in [0, 0.1) is 5.82 Å². The van der Waals surface area contributed by atoms with Gasteiger partial charge in [-0.2, -0.15) is 0 Å².